The molecule has 130 valence electrons. The molecule has 0 heterocycles. The predicted molar refractivity (Wildman–Crippen MR) is 79.4 cm³/mol. The molecular formula is C13H14Cl2F4N2O2. The average Bonchev–Trinajstić information content (AvgIpc) is 2.45. The van der Waals surface area contributed by atoms with Gasteiger partial charge >= 0.3 is 17.3 Å². The van der Waals surface area contributed by atoms with Crippen LogP contribution < -0.4 is 10.2 Å². The van der Waals surface area contributed by atoms with Crippen molar-refractivity contribution in [1.29, 1.82) is 0 Å². The van der Waals surface area contributed by atoms with Crippen molar-refractivity contribution >= 4 is 34.9 Å². The lowest BCUT2D eigenvalue weighted by Crippen LogP contribution is -2.52. The quantitative estimate of drug-likeness (QED) is 0.607. The van der Waals surface area contributed by atoms with Gasteiger partial charge in [0.05, 0.1) is 0 Å². The summed E-state index contributed by atoms with van der Waals surface area (Å²) in [4.78, 5) is 12.8. The molecule has 0 aliphatic heterocycles. The molecule has 0 saturated carbocycles. The average molecular weight is 377 g/mol. The number of anilines is 1. The van der Waals surface area contributed by atoms with Crippen LogP contribution in [0.5, 0.6) is 0 Å². The van der Waals surface area contributed by atoms with Crippen LogP contribution in [0.2, 0.25) is 0 Å². The van der Waals surface area contributed by atoms with Crippen molar-refractivity contribution in [2.24, 2.45) is 0 Å². The van der Waals surface area contributed by atoms with E-state index in [0.717, 1.165) is 29.2 Å². The Kier molecular flexibility index (Phi) is 5.77. The number of carbonyl (C=O) groups excluding carboxylic acids is 1. The number of amides is 2. The lowest BCUT2D eigenvalue weighted by Gasteiger charge is -2.33. The Hall–Kier alpha value is -1.25. The van der Waals surface area contributed by atoms with E-state index in [0.29, 0.717) is 6.54 Å². The van der Waals surface area contributed by atoms with E-state index in [4.69, 9.17) is 16.7 Å². The first kappa shape index (κ1) is 19.8. The summed E-state index contributed by atoms with van der Waals surface area (Å²) in [6.45, 7) is 2.07. The van der Waals surface area contributed by atoms with Crippen LogP contribution in [0.15, 0.2) is 24.3 Å². The summed E-state index contributed by atoms with van der Waals surface area (Å²) < 4.78 is 53.5. The molecule has 2 amide bonds. The first-order valence-corrected chi connectivity index (χ1v) is 7.09. The van der Waals surface area contributed by atoms with Crippen LogP contribution in [0.1, 0.15) is 12.5 Å². The smallest absolute Gasteiger partial charge is 0.352 e. The first-order chi connectivity index (χ1) is 10.4. The van der Waals surface area contributed by atoms with Gasteiger partial charge in [0.2, 0.25) is 0 Å². The van der Waals surface area contributed by atoms with E-state index in [-0.39, 0.29) is 5.69 Å². The molecular weight excluding hydrogens is 363 g/mol. The van der Waals surface area contributed by atoms with Crippen LogP contribution in [0.3, 0.4) is 0 Å². The summed E-state index contributed by atoms with van der Waals surface area (Å²) in [5, 5.41) is 2.58. The summed E-state index contributed by atoms with van der Waals surface area (Å²) in [7, 11) is 1.40. The molecule has 4 nitrogen and oxygen atoms in total. The maximum atomic E-state index is 14.2. The standard InChI is InChI=1S/C13H14Cl2F4N2O2/c1-3-20-10(22)21(2)9-6-4-8(5-7-9)11(14,16)12(17,23)13(15,18)19/h4-7,23H,3H2,1-2H3,(H,20,22). The van der Waals surface area contributed by atoms with Crippen LogP contribution >= 0.6 is 23.2 Å². The van der Waals surface area contributed by atoms with Crippen molar-refractivity contribution in [3.63, 3.8) is 0 Å². The fourth-order valence-corrected chi connectivity index (χ4v) is 2.07. The minimum absolute atomic E-state index is 0.257. The summed E-state index contributed by atoms with van der Waals surface area (Å²) in [6.07, 6.45) is 0. The molecule has 0 fully saturated rings. The van der Waals surface area contributed by atoms with Crippen molar-refractivity contribution in [3.05, 3.63) is 29.8 Å². The van der Waals surface area contributed by atoms with Gasteiger partial charge in [0.15, 0.2) is 0 Å². The Morgan fingerprint density at radius 3 is 2.09 bits per heavy atom. The lowest BCUT2D eigenvalue weighted by atomic mass is 10.0. The van der Waals surface area contributed by atoms with Gasteiger partial charge in [-0.25, -0.2) is 9.18 Å². The van der Waals surface area contributed by atoms with E-state index < -0.39 is 28.0 Å². The number of nitrogens with one attached hydrogen (secondary N) is 1. The molecule has 1 aromatic carbocycles. The normalized spacial score (nSPS) is 17.1. The van der Waals surface area contributed by atoms with Gasteiger partial charge in [-0.2, -0.15) is 13.2 Å². The third-order valence-electron chi connectivity index (χ3n) is 3.04. The van der Waals surface area contributed by atoms with Gasteiger partial charge in [-0.05, 0) is 30.7 Å². The number of urea groups is 1. The van der Waals surface area contributed by atoms with E-state index in [1.54, 1.807) is 6.92 Å². The Morgan fingerprint density at radius 1 is 1.22 bits per heavy atom. The number of carbonyl (C=O) groups is 1. The molecule has 0 aromatic heterocycles. The van der Waals surface area contributed by atoms with Crippen molar-refractivity contribution in [1.82, 2.24) is 5.32 Å². The molecule has 0 bridgehead atoms. The fraction of sp³-hybridized carbons (Fsp3) is 0.462. The number of halogens is 6. The number of alkyl halides is 6. The Bertz CT molecular complexity index is 562. The van der Waals surface area contributed by atoms with Gasteiger partial charge in [0.25, 0.3) is 5.13 Å². The van der Waals surface area contributed by atoms with E-state index in [9.17, 15) is 22.4 Å². The minimum atomic E-state index is -4.96. The molecule has 0 aliphatic carbocycles. The third-order valence-corrected chi connectivity index (χ3v) is 3.76. The van der Waals surface area contributed by atoms with Crippen LogP contribution in [0.4, 0.5) is 28.0 Å². The zero-order valence-electron chi connectivity index (χ0n) is 12.1. The number of rotatable bonds is 5. The topological polar surface area (TPSA) is 52.6 Å². The van der Waals surface area contributed by atoms with E-state index in [1.807, 2.05) is 0 Å². The first-order valence-electron chi connectivity index (χ1n) is 6.34. The van der Waals surface area contributed by atoms with Crippen molar-refractivity contribution < 1.29 is 27.5 Å². The Balaban J connectivity index is 3.11. The molecule has 0 saturated heterocycles. The predicted octanol–water partition coefficient (Wildman–Crippen LogP) is 3.70. The van der Waals surface area contributed by atoms with Gasteiger partial charge in [0, 0.05) is 24.8 Å². The molecule has 0 aliphatic rings. The largest absolute Gasteiger partial charge is 0.384 e. The summed E-state index contributed by atoms with van der Waals surface area (Å²) >= 11 is 9.51. The highest BCUT2D eigenvalue weighted by molar-refractivity contribution is 6.26. The second-order valence-electron chi connectivity index (χ2n) is 4.64. The van der Waals surface area contributed by atoms with Crippen LogP contribution in [-0.2, 0) is 5.13 Å². The highest BCUT2D eigenvalue weighted by atomic mass is 35.5. The zero-order valence-corrected chi connectivity index (χ0v) is 13.6. The zero-order chi connectivity index (χ0) is 18.1. The third kappa shape index (κ3) is 3.81. The van der Waals surface area contributed by atoms with Gasteiger partial charge < -0.3 is 10.4 Å². The molecule has 1 aromatic rings. The summed E-state index contributed by atoms with van der Waals surface area (Å²) in [5.74, 6) is -4.85. The second kappa shape index (κ2) is 6.70. The van der Waals surface area contributed by atoms with Crippen LogP contribution in [-0.4, -0.2) is 36.0 Å². The van der Waals surface area contributed by atoms with E-state index in [1.165, 1.54) is 7.05 Å². The molecule has 0 spiro atoms. The van der Waals surface area contributed by atoms with Crippen LogP contribution in [0, 0.1) is 0 Å². The highest BCUT2D eigenvalue weighted by Gasteiger charge is 2.68. The Morgan fingerprint density at radius 2 is 1.70 bits per heavy atom. The molecule has 1 rings (SSSR count). The molecule has 10 heteroatoms. The minimum Gasteiger partial charge on any atom is -0.352 e. The lowest BCUT2D eigenvalue weighted by molar-refractivity contribution is -0.260. The van der Waals surface area contributed by atoms with Crippen molar-refractivity contribution in [2.45, 2.75) is 23.3 Å². The second-order valence-corrected chi connectivity index (χ2v) is 5.63. The van der Waals surface area contributed by atoms with E-state index >= 15 is 0 Å². The maximum Gasteiger partial charge on any atom is 0.384 e. The molecule has 2 unspecified atom stereocenters. The number of hydrogen-bond donors (Lipinski definition) is 2. The van der Waals surface area contributed by atoms with Crippen LogP contribution in [0.25, 0.3) is 0 Å². The number of nitrogens with zero attached hydrogens (tertiary/aromatic N) is 1. The number of benzene rings is 1. The number of aliphatic hydroxyl groups is 1. The van der Waals surface area contributed by atoms with Gasteiger partial charge in [-0.3, -0.25) is 4.90 Å². The summed E-state index contributed by atoms with van der Waals surface area (Å²) in [6, 6.07) is 3.52. The van der Waals surface area contributed by atoms with Crippen molar-refractivity contribution in [3.8, 4) is 0 Å². The highest BCUT2D eigenvalue weighted by Crippen LogP contribution is 2.51. The summed E-state index contributed by atoms with van der Waals surface area (Å²) in [5.41, 5.74) is -0.537. The SMILES string of the molecule is CCNC(=O)N(C)c1ccc(C(F)(Cl)C(O)(F)C(F)(F)Cl)cc1. The fourth-order valence-electron chi connectivity index (χ4n) is 1.65. The molecule has 2 atom stereocenters. The maximum absolute atomic E-state index is 14.2. The Labute approximate surface area is 140 Å². The van der Waals surface area contributed by atoms with Gasteiger partial charge in [-0.1, -0.05) is 23.7 Å². The van der Waals surface area contributed by atoms with Crippen molar-refractivity contribution in [2.75, 3.05) is 18.5 Å². The molecule has 2 N–H and O–H groups in total. The van der Waals surface area contributed by atoms with Gasteiger partial charge in [-0.15, -0.1) is 0 Å². The number of hydrogen-bond acceptors (Lipinski definition) is 2. The van der Waals surface area contributed by atoms with E-state index in [2.05, 4.69) is 16.9 Å². The van der Waals surface area contributed by atoms with Gasteiger partial charge in [0.1, 0.15) is 0 Å². The molecule has 0 radical (unpaired) electrons. The molecule has 23 heavy (non-hydrogen) atoms. The monoisotopic (exact) mass is 376 g/mol.